The van der Waals surface area contributed by atoms with Crippen LogP contribution in [0.15, 0.2) is 55.0 Å². The maximum Gasteiger partial charge on any atom is 0.417 e. The van der Waals surface area contributed by atoms with E-state index in [0.29, 0.717) is 44.1 Å². The number of anilines is 1. The van der Waals surface area contributed by atoms with Gasteiger partial charge < -0.3 is 9.80 Å². The molecule has 0 aliphatic carbocycles. The summed E-state index contributed by atoms with van der Waals surface area (Å²) in [7, 11) is 0. The van der Waals surface area contributed by atoms with E-state index in [9.17, 15) is 18.0 Å². The highest BCUT2D eigenvalue weighted by Gasteiger charge is 2.32. The fourth-order valence-electron chi connectivity index (χ4n) is 3.46. The molecule has 31 heavy (non-hydrogen) atoms. The van der Waals surface area contributed by atoms with Crippen molar-refractivity contribution in [2.75, 3.05) is 31.1 Å². The van der Waals surface area contributed by atoms with E-state index in [4.69, 9.17) is 11.6 Å². The number of rotatable bonds is 4. The van der Waals surface area contributed by atoms with E-state index >= 15 is 0 Å². The molecule has 10 heteroatoms. The quantitative estimate of drug-likeness (QED) is 0.605. The van der Waals surface area contributed by atoms with Crippen molar-refractivity contribution in [1.82, 2.24) is 19.7 Å². The molecule has 1 aromatic carbocycles. The van der Waals surface area contributed by atoms with Gasteiger partial charge in [-0.25, -0.2) is 4.98 Å². The fourth-order valence-corrected chi connectivity index (χ4v) is 3.74. The molecule has 2 aromatic heterocycles. The van der Waals surface area contributed by atoms with Crippen LogP contribution in [0.1, 0.15) is 21.5 Å². The van der Waals surface area contributed by atoms with Gasteiger partial charge in [0.2, 0.25) is 0 Å². The number of hydrogen-bond donors (Lipinski definition) is 0. The first-order chi connectivity index (χ1) is 14.8. The van der Waals surface area contributed by atoms with Crippen LogP contribution in [0.5, 0.6) is 0 Å². The Morgan fingerprint density at radius 3 is 2.39 bits per heavy atom. The second-order valence-electron chi connectivity index (χ2n) is 7.21. The van der Waals surface area contributed by atoms with E-state index in [1.165, 1.54) is 0 Å². The van der Waals surface area contributed by atoms with Crippen LogP contribution < -0.4 is 4.90 Å². The number of aromatic nitrogens is 3. The van der Waals surface area contributed by atoms with Crippen molar-refractivity contribution in [2.24, 2.45) is 0 Å². The van der Waals surface area contributed by atoms with E-state index in [1.54, 1.807) is 32.8 Å². The molecule has 1 aliphatic rings. The summed E-state index contributed by atoms with van der Waals surface area (Å²) in [6.07, 6.45) is -0.126. The van der Waals surface area contributed by atoms with Crippen molar-refractivity contribution < 1.29 is 18.0 Å². The lowest BCUT2D eigenvalue weighted by molar-refractivity contribution is -0.137. The monoisotopic (exact) mass is 449 g/mol. The van der Waals surface area contributed by atoms with Gasteiger partial charge in [-0.2, -0.15) is 18.3 Å². The molecule has 1 amide bonds. The normalized spacial score (nSPS) is 14.7. The Morgan fingerprint density at radius 2 is 1.81 bits per heavy atom. The lowest BCUT2D eigenvalue weighted by Gasteiger charge is -2.35. The van der Waals surface area contributed by atoms with Crippen LogP contribution in [0.4, 0.5) is 19.0 Å². The Hall–Kier alpha value is -3.07. The third-order valence-electron chi connectivity index (χ3n) is 5.12. The van der Waals surface area contributed by atoms with Crippen molar-refractivity contribution in [1.29, 1.82) is 0 Å². The molecule has 0 radical (unpaired) electrons. The number of carbonyl (C=O) groups is 1. The molecular formula is C21H19ClF3N5O. The minimum atomic E-state index is -4.49. The fraction of sp³-hybridized carbons (Fsp3) is 0.286. The van der Waals surface area contributed by atoms with Gasteiger partial charge >= 0.3 is 6.18 Å². The zero-order valence-corrected chi connectivity index (χ0v) is 17.1. The number of benzene rings is 1. The largest absolute Gasteiger partial charge is 0.417 e. The van der Waals surface area contributed by atoms with Gasteiger partial charge in [0.15, 0.2) is 0 Å². The Bertz CT molecular complexity index is 1050. The van der Waals surface area contributed by atoms with Crippen LogP contribution in [0.2, 0.25) is 5.02 Å². The number of pyridine rings is 1. The van der Waals surface area contributed by atoms with E-state index in [1.807, 2.05) is 24.4 Å². The number of hydrogen-bond acceptors (Lipinski definition) is 4. The topological polar surface area (TPSA) is 54.3 Å². The third kappa shape index (κ3) is 4.82. The second-order valence-corrected chi connectivity index (χ2v) is 7.61. The maximum absolute atomic E-state index is 12.8. The third-order valence-corrected chi connectivity index (χ3v) is 5.40. The van der Waals surface area contributed by atoms with Gasteiger partial charge in [-0.1, -0.05) is 23.7 Å². The van der Waals surface area contributed by atoms with Crippen LogP contribution in [0.3, 0.4) is 0 Å². The van der Waals surface area contributed by atoms with Crippen molar-refractivity contribution in [3.05, 3.63) is 76.7 Å². The SMILES string of the molecule is O=C(c1ccc(Cn2cccn2)cc1)N1CCN(c2ncc(C(F)(F)F)cc2Cl)CC1. The van der Waals surface area contributed by atoms with E-state index in [2.05, 4.69) is 10.1 Å². The second kappa shape index (κ2) is 8.58. The minimum Gasteiger partial charge on any atom is -0.352 e. The van der Waals surface area contributed by atoms with Crippen LogP contribution >= 0.6 is 11.6 Å². The van der Waals surface area contributed by atoms with E-state index in [-0.39, 0.29) is 10.9 Å². The van der Waals surface area contributed by atoms with Crippen LogP contribution in [-0.2, 0) is 12.7 Å². The van der Waals surface area contributed by atoms with Gasteiger partial charge in [0, 0.05) is 50.3 Å². The van der Waals surface area contributed by atoms with Crippen LogP contribution in [0.25, 0.3) is 0 Å². The molecule has 1 aliphatic heterocycles. The number of amides is 1. The highest BCUT2D eigenvalue weighted by Crippen LogP contribution is 2.33. The predicted octanol–water partition coefficient (Wildman–Crippen LogP) is 3.96. The summed E-state index contributed by atoms with van der Waals surface area (Å²) in [5.74, 6) is 0.210. The molecule has 3 aromatic rings. The first kappa shape index (κ1) is 21.2. The first-order valence-electron chi connectivity index (χ1n) is 9.64. The molecule has 4 rings (SSSR count). The molecular weight excluding hydrogens is 431 g/mol. The summed E-state index contributed by atoms with van der Waals surface area (Å²) in [4.78, 5) is 20.2. The van der Waals surface area contributed by atoms with Gasteiger partial charge in [-0.3, -0.25) is 9.48 Å². The van der Waals surface area contributed by atoms with Crippen molar-refractivity contribution >= 4 is 23.3 Å². The summed E-state index contributed by atoms with van der Waals surface area (Å²) in [5.41, 5.74) is 0.738. The highest BCUT2D eigenvalue weighted by atomic mass is 35.5. The van der Waals surface area contributed by atoms with Crippen LogP contribution in [0, 0.1) is 0 Å². The molecule has 0 saturated carbocycles. The molecule has 1 fully saturated rings. The zero-order valence-electron chi connectivity index (χ0n) is 16.4. The predicted molar refractivity (Wildman–Crippen MR) is 110 cm³/mol. The van der Waals surface area contributed by atoms with Crippen molar-refractivity contribution in [3.63, 3.8) is 0 Å². The molecule has 3 heterocycles. The minimum absolute atomic E-state index is 0.0534. The molecule has 0 bridgehead atoms. The maximum atomic E-state index is 12.8. The molecule has 1 saturated heterocycles. The molecule has 162 valence electrons. The molecule has 0 atom stereocenters. The van der Waals surface area contributed by atoms with Crippen molar-refractivity contribution in [3.8, 4) is 0 Å². The van der Waals surface area contributed by atoms with Crippen molar-refractivity contribution in [2.45, 2.75) is 12.7 Å². The lowest BCUT2D eigenvalue weighted by Crippen LogP contribution is -2.49. The number of piperazine rings is 1. The molecule has 0 spiro atoms. The smallest absolute Gasteiger partial charge is 0.352 e. The van der Waals surface area contributed by atoms with Gasteiger partial charge in [-0.15, -0.1) is 0 Å². The highest BCUT2D eigenvalue weighted by molar-refractivity contribution is 6.33. The van der Waals surface area contributed by atoms with E-state index < -0.39 is 11.7 Å². The number of alkyl halides is 3. The Morgan fingerprint density at radius 1 is 1.10 bits per heavy atom. The summed E-state index contributed by atoms with van der Waals surface area (Å²) >= 11 is 6.04. The summed E-state index contributed by atoms with van der Waals surface area (Å²) in [6.45, 7) is 2.34. The van der Waals surface area contributed by atoms with E-state index in [0.717, 1.165) is 17.8 Å². The van der Waals surface area contributed by atoms with Crippen LogP contribution in [-0.4, -0.2) is 51.8 Å². The summed E-state index contributed by atoms with van der Waals surface area (Å²) in [6, 6.07) is 10.1. The molecule has 0 N–H and O–H groups in total. The molecule has 0 unspecified atom stereocenters. The molecule has 6 nitrogen and oxygen atoms in total. The van der Waals surface area contributed by atoms with Gasteiger partial charge in [-0.05, 0) is 29.8 Å². The zero-order chi connectivity index (χ0) is 22.0. The Labute approximate surface area is 181 Å². The number of halogens is 4. The van der Waals surface area contributed by atoms with Gasteiger partial charge in [0.1, 0.15) is 5.82 Å². The Kier molecular flexibility index (Phi) is 5.86. The van der Waals surface area contributed by atoms with Gasteiger partial charge in [0.05, 0.1) is 17.1 Å². The average Bonchev–Trinajstić information content (AvgIpc) is 3.26. The van der Waals surface area contributed by atoms with Gasteiger partial charge in [0.25, 0.3) is 5.91 Å². The standard InChI is InChI=1S/C21H19ClF3N5O/c22-18-12-17(21(23,24)25)13-26-19(18)28-8-10-29(11-9-28)20(31)16-4-2-15(3-5-16)14-30-7-1-6-27-30/h1-7,12-13H,8-11,14H2. The lowest BCUT2D eigenvalue weighted by atomic mass is 10.1. The number of carbonyl (C=O) groups excluding carboxylic acids is 1. The summed E-state index contributed by atoms with van der Waals surface area (Å²) < 4.78 is 40.2. The number of nitrogens with zero attached hydrogens (tertiary/aromatic N) is 5. The Balaban J connectivity index is 1.37. The average molecular weight is 450 g/mol. The summed E-state index contributed by atoms with van der Waals surface area (Å²) in [5, 5.41) is 4.11. The first-order valence-corrected chi connectivity index (χ1v) is 10.0.